The second-order valence-corrected chi connectivity index (χ2v) is 7.23. The van der Waals surface area contributed by atoms with Crippen LogP contribution < -0.4 is 14.8 Å². The van der Waals surface area contributed by atoms with Gasteiger partial charge in [0.2, 0.25) is 0 Å². The minimum atomic E-state index is -0.0296. The summed E-state index contributed by atoms with van der Waals surface area (Å²) < 4.78 is 10.8. The van der Waals surface area contributed by atoms with Gasteiger partial charge in [0.1, 0.15) is 0 Å². The van der Waals surface area contributed by atoms with Crippen molar-refractivity contribution in [2.45, 2.75) is 32.9 Å². The first-order valence-corrected chi connectivity index (χ1v) is 9.37. The number of urea groups is 1. The van der Waals surface area contributed by atoms with Crippen LogP contribution in [0.25, 0.3) is 0 Å². The lowest BCUT2D eigenvalue weighted by atomic mass is 9.96. The maximum atomic E-state index is 12.9. The highest BCUT2D eigenvalue weighted by Crippen LogP contribution is 2.33. The number of hydrogen-bond donors (Lipinski definition) is 1. The topological polar surface area (TPSA) is 50.8 Å². The Labute approximate surface area is 161 Å². The third-order valence-electron chi connectivity index (χ3n) is 5.11. The summed E-state index contributed by atoms with van der Waals surface area (Å²) in [4.78, 5) is 14.8. The molecule has 1 atom stereocenters. The number of rotatable bonds is 5. The summed E-state index contributed by atoms with van der Waals surface area (Å²) in [5, 5.41) is 3.22. The summed E-state index contributed by atoms with van der Waals surface area (Å²) in [7, 11) is 3.27. The number of carbonyl (C=O) groups is 1. The predicted molar refractivity (Wildman–Crippen MR) is 106 cm³/mol. The largest absolute Gasteiger partial charge is 0.493 e. The normalized spacial score (nSPS) is 14.5. The zero-order chi connectivity index (χ0) is 19.4. The van der Waals surface area contributed by atoms with Gasteiger partial charge in [0, 0.05) is 13.1 Å². The Balaban J connectivity index is 1.75. The Morgan fingerprint density at radius 2 is 1.67 bits per heavy atom. The standard InChI is InChI=1S/C22H28N2O3/c1-15(2)21(16-8-6-5-7-9-16)23-22(25)24-11-10-17-12-19(26-3)20(27-4)13-18(17)14-24/h5-9,12-13,15,21H,10-11,14H2,1-4H3,(H,23,25). The van der Waals surface area contributed by atoms with Crippen molar-refractivity contribution in [3.05, 3.63) is 59.2 Å². The van der Waals surface area contributed by atoms with Gasteiger partial charge in [-0.3, -0.25) is 0 Å². The number of nitrogens with one attached hydrogen (secondary N) is 1. The molecular formula is C22H28N2O3. The fourth-order valence-electron chi connectivity index (χ4n) is 3.58. The Morgan fingerprint density at radius 3 is 2.26 bits per heavy atom. The van der Waals surface area contributed by atoms with E-state index in [9.17, 15) is 4.79 Å². The summed E-state index contributed by atoms with van der Waals surface area (Å²) in [6.07, 6.45) is 0.806. The van der Waals surface area contributed by atoms with Crippen LogP contribution in [0.3, 0.4) is 0 Å². The van der Waals surface area contributed by atoms with E-state index in [2.05, 4.69) is 31.3 Å². The van der Waals surface area contributed by atoms with Crippen LogP contribution in [0.4, 0.5) is 4.79 Å². The van der Waals surface area contributed by atoms with Crippen LogP contribution >= 0.6 is 0 Å². The molecule has 3 rings (SSSR count). The first-order valence-electron chi connectivity index (χ1n) is 9.37. The average molecular weight is 368 g/mol. The van der Waals surface area contributed by atoms with Gasteiger partial charge in [-0.1, -0.05) is 44.2 Å². The SMILES string of the molecule is COc1cc2c(cc1OC)CN(C(=O)NC(c1ccccc1)C(C)C)CC2. The fourth-order valence-corrected chi connectivity index (χ4v) is 3.58. The highest BCUT2D eigenvalue weighted by molar-refractivity contribution is 5.75. The van der Waals surface area contributed by atoms with Crippen LogP contribution in [0.5, 0.6) is 11.5 Å². The monoisotopic (exact) mass is 368 g/mol. The lowest BCUT2D eigenvalue weighted by molar-refractivity contribution is 0.184. The molecule has 0 bridgehead atoms. The second-order valence-electron chi connectivity index (χ2n) is 7.23. The lowest BCUT2D eigenvalue weighted by Gasteiger charge is -2.32. The van der Waals surface area contributed by atoms with Crippen molar-refractivity contribution in [1.29, 1.82) is 0 Å². The highest BCUT2D eigenvalue weighted by Gasteiger charge is 2.26. The van der Waals surface area contributed by atoms with Crippen LogP contribution in [0.15, 0.2) is 42.5 Å². The molecule has 2 aromatic rings. The molecule has 0 fully saturated rings. The van der Waals surface area contributed by atoms with E-state index in [1.165, 1.54) is 5.56 Å². The summed E-state index contributed by atoms with van der Waals surface area (Å²) in [5.41, 5.74) is 3.44. The van der Waals surface area contributed by atoms with Crippen LogP contribution in [-0.2, 0) is 13.0 Å². The molecule has 0 saturated heterocycles. The smallest absolute Gasteiger partial charge is 0.318 e. The second kappa shape index (κ2) is 8.33. The zero-order valence-electron chi connectivity index (χ0n) is 16.5. The molecule has 5 heteroatoms. The Bertz CT molecular complexity index is 790. The molecule has 0 aromatic heterocycles. The summed E-state index contributed by atoms with van der Waals surface area (Å²) >= 11 is 0. The Kier molecular flexibility index (Phi) is 5.89. The molecule has 144 valence electrons. The van der Waals surface area contributed by atoms with Crippen molar-refractivity contribution < 1.29 is 14.3 Å². The van der Waals surface area contributed by atoms with Crippen molar-refractivity contribution in [1.82, 2.24) is 10.2 Å². The quantitative estimate of drug-likeness (QED) is 0.862. The van der Waals surface area contributed by atoms with E-state index in [1.54, 1.807) is 14.2 Å². The van der Waals surface area contributed by atoms with Gasteiger partial charge in [0.15, 0.2) is 11.5 Å². The van der Waals surface area contributed by atoms with Gasteiger partial charge in [-0.2, -0.15) is 0 Å². The van der Waals surface area contributed by atoms with Gasteiger partial charge in [-0.25, -0.2) is 4.79 Å². The number of benzene rings is 2. The number of ether oxygens (including phenoxy) is 2. The van der Waals surface area contributed by atoms with Crippen molar-refractivity contribution in [2.24, 2.45) is 5.92 Å². The van der Waals surface area contributed by atoms with Crippen molar-refractivity contribution in [3.8, 4) is 11.5 Å². The molecule has 1 N–H and O–H groups in total. The molecule has 0 spiro atoms. The predicted octanol–water partition coefficient (Wildman–Crippen LogP) is 4.17. The number of amides is 2. The van der Waals surface area contributed by atoms with Crippen molar-refractivity contribution >= 4 is 6.03 Å². The number of carbonyl (C=O) groups excluding carboxylic acids is 1. The van der Waals surface area contributed by atoms with E-state index in [-0.39, 0.29) is 12.1 Å². The van der Waals surface area contributed by atoms with E-state index >= 15 is 0 Å². The van der Waals surface area contributed by atoms with Gasteiger partial charge in [0.25, 0.3) is 0 Å². The fraction of sp³-hybridized carbons (Fsp3) is 0.409. The number of fused-ring (bicyclic) bond motifs is 1. The summed E-state index contributed by atoms with van der Waals surface area (Å²) in [6.45, 7) is 5.51. The van der Waals surface area contributed by atoms with Crippen molar-refractivity contribution in [3.63, 3.8) is 0 Å². The molecule has 2 amide bonds. The molecule has 1 aliphatic rings. The Morgan fingerprint density at radius 1 is 1.04 bits per heavy atom. The summed E-state index contributed by atoms with van der Waals surface area (Å²) in [5.74, 6) is 1.73. The number of hydrogen-bond acceptors (Lipinski definition) is 3. The summed E-state index contributed by atoms with van der Waals surface area (Å²) in [6, 6.07) is 14.1. The molecule has 2 aromatic carbocycles. The van der Waals surface area contributed by atoms with Gasteiger partial charge < -0.3 is 19.7 Å². The molecule has 1 unspecified atom stereocenters. The minimum Gasteiger partial charge on any atom is -0.493 e. The van der Waals surface area contributed by atoms with E-state index < -0.39 is 0 Å². The van der Waals surface area contributed by atoms with E-state index in [0.29, 0.717) is 24.8 Å². The van der Waals surface area contributed by atoms with E-state index in [0.717, 1.165) is 23.3 Å². The first kappa shape index (κ1) is 19.1. The number of nitrogens with zero attached hydrogens (tertiary/aromatic N) is 1. The molecule has 0 aliphatic carbocycles. The third-order valence-corrected chi connectivity index (χ3v) is 5.11. The molecule has 1 aliphatic heterocycles. The molecule has 0 saturated carbocycles. The molecule has 0 radical (unpaired) electrons. The van der Waals surface area contributed by atoms with Crippen molar-refractivity contribution in [2.75, 3.05) is 20.8 Å². The van der Waals surface area contributed by atoms with Gasteiger partial charge in [-0.05, 0) is 41.2 Å². The van der Waals surface area contributed by atoms with Crippen LogP contribution in [-0.4, -0.2) is 31.7 Å². The molecule has 27 heavy (non-hydrogen) atoms. The zero-order valence-corrected chi connectivity index (χ0v) is 16.5. The maximum Gasteiger partial charge on any atom is 0.318 e. The van der Waals surface area contributed by atoms with E-state index in [4.69, 9.17) is 9.47 Å². The molecule has 5 nitrogen and oxygen atoms in total. The molecule has 1 heterocycles. The Hall–Kier alpha value is -2.69. The molecular weight excluding hydrogens is 340 g/mol. The van der Waals surface area contributed by atoms with Crippen LogP contribution in [0.2, 0.25) is 0 Å². The van der Waals surface area contributed by atoms with Gasteiger partial charge in [0.05, 0.1) is 20.3 Å². The highest BCUT2D eigenvalue weighted by atomic mass is 16.5. The first-order chi connectivity index (χ1) is 13.0. The number of methoxy groups -OCH3 is 2. The average Bonchev–Trinajstić information content (AvgIpc) is 2.70. The third kappa shape index (κ3) is 4.18. The van der Waals surface area contributed by atoms with Crippen LogP contribution in [0.1, 0.15) is 36.6 Å². The lowest BCUT2D eigenvalue weighted by Crippen LogP contribution is -2.45. The van der Waals surface area contributed by atoms with Crippen LogP contribution in [0, 0.1) is 5.92 Å². The van der Waals surface area contributed by atoms with Gasteiger partial charge in [-0.15, -0.1) is 0 Å². The van der Waals surface area contributed by atoms with Gasteiger partial charge >= 0.3 is 6.03 Å². The maximum absolute atomic E-state index is 12.9. The minimum absolute atomic E-state index is 0.00880. The van der Waals surface area contributed by atoms with E-state index in [1.807, 2.05) is 35.2 Å².